The van der Waals surface area contributed by atoms with Gasteiger partial charge < -0.3 is 9.47 Å². The fraction of sp³-hybridized carbons (Fsp3) is 0.833. The Morgan fingerprint density at radius 2 is 2.10 bits per heavy atom. The number of hydrogen-bond donors (Lipinski definition) is 0. The van der Waals surface area contributed by atoms with Gasteiger partial charge in [0.15, 0.2) is 0 Å². The molecule has 10 heavy (non-hydrogen) atoms. The van der Waals surface area contributed by atoms with Crippen LogP contribution in [0.5, 0.6) is 0 Å². The molecule has 0 bridgehead atoms. The van der Waals surface area contributed by atoms with E-state index in [0.29, 0.717) is 6.42 Å². The smallest absolute Gasteiger partial charge is 0.134 e. The molecule has 0 heterocycles. The molecule has 0 aromatic heterocycles. The van der Waals surface area contributed by atoms with Crippen molar-refractivity contribution in [1.29, 1.82) is 5.26 Å². The molecule has 0 aliphatic carbocycles. The first-order valence-corrected chi connectivity index (χ1v) is 5.09. The highest BCUT2D eigenvalue weighted by molar-refractivity contribution is 6.36. The summed E-state index contributed by atoms with van der Waals surface area (Å²) < 4.78 is 9.95. The number of methoxy groups -OCH3 is 2. The second-order valence-electron chi connectivity index (χ2n) is 1.95. The van der Waals surface area contributed by atoms with E-state index in [9.17, 15) is 0 Å². The molecule has 0 aliphatic rings. The van der Waals surface area contributed by atoms with Crippen molar-refractivity contribution < 1.29 is 9.47 Å². The summed E-state index contributed by atoms with van der Waals surface area (Å²) in [6.45, 7) is 0. The highest BCUT2D eigenvalue weighted by atomic mass is 28.2. The fourth-order valence-corrected chi connectivity index (χ4v) is 1.85. The van der Waals surface area contributed by atoms with Gasteiger partial charge in [0.1, 0.15) is 5.91 Å². The number of hydrogen-bond acceptors (Lipinski definition) is 3. The first-order chi connectivity index (χ1) is 4.85. The maximum atomic E-state index is 8.22. The molecule has 0 unspecified atom stereocenters. The zero-order valence-corrected chi connectivity index (χ0v) is 7.88. The quantitative estimate of drug-likeness (QED) is 0.324. The molecule has 0 aliphatic heterocycles. The molecule has 0 amide bonds. The third kappa shape index (κ3) is 4.50. The average Bonchev–Trinajstić information content (AvgIpc) is 1.99. The molecule has 0 aromatic rings. The molecule has 0 saturated carbocycles. The Balaban J connectivity index is 3.19. The van der Waals surface area contributed by atoms with Crippen LogP contribution in [0.1, 0.15) is 6.42 Å². The summed E-state index contributed by atoms with van der Waals surface area (Å²) in [6, 6.07) is 3.07. The van der Waals surface area contributed by atoms with Crippen molar-refractivity contribution in [3.05, 3.63) is 0 Å². The van der Waals surface area contributed by atoms with Gasteiger partial charge in [0.2, 0.25) is 0 Å². The predicted molar refractivity (Wildman–Crippen MR) is 41.4 cm³/mol. The van der Waals surface area contributed by atoms with Crippen molar-refractivity contribution in [3.63, 3.8) is 0 Å². The Bertz CT molecular complexity index is 109. The third-order valence-corrected chi connectivity index (χ3v) is 3.15. The van der Waals surface area contributed by atoms with Gasteiger partial charge in [-0.15, -0.1) is 0 Å². The molecule has 0 atom stereocenters. The lowest BCUT2D eigenvalue weighted by molar-refractivity contribution is -0.0440. The van der Waals surface area contributed by atoms with Crippen LogP contribution < -0.4 is 0 Å². The third-order valence-electron chi connectivity index (χ3n) is 1.25. The number of nitrogens with zero attached hydrogens (tertiary/aromatic N) is 1. The van der Waals surface area contributed by atoms with Gasteiger partial charge in [0.25, 0.3) is 0 Å². The minimum atomic E-state index is -0.353. The molecule has 0 radical (unpaired) electrons. The Hall–Kier alpha value is -0.373. The second-order valence-corrected chi connectivity index (χ2v) is 3.90. The van der Waals surface area contributed by atoms with Crippen molar-refractivity contribution in [2.75, 3.05) is 14.2 Å². The summed E-state index contributed by atoms with van der Waals surface area (Å²) in [5, 5.41) is 8.22. The Morgan fingerprint density at radius 1 is 1.50 bits per heavy atom. The lowest BCUT2D eigenvalue weighted by atomic mass is 10.6. The fourth-order valence-electron chi connectivity index (χ4n) is 0.680. The van der Waals surface area contributed by atoms with Gasteiger partial charge in [-0.1, -0.05) is 0 Å². The Labute approximate surface area is 63.8 Å². The molecule has 0 N–H and O–H groups in total. The number of rotatable bonds is 5. The highest BCUT2D eigenvalue weighted by Crippen LogP contribution is 1.94. The van der Waals surface area contributed by atoms with Crippen molar-refractivity contribution >= 4 is 9.52 Å². The van der Waals surface area contributed by atoms with Crippen LogP contribution in [0, 0.1) is 11.3 Å². The van der Waals surface area contributed by atoms with E-state index in [1.165, 1.54) is 0 Å². The van der Waals surface area contributed by atoms with Crippen LogP contribution in [-0.4, -0.2) is 29.7 Å². The van der Waals surface area contributed by atoms with Gasteiger partial charge in [0, 0.05) is 20.6 Å². The van der Waals surface area contributed by atoms with Crippen LogP contribution in [-0.2, 0) is 9.47 Å². The summed E-state index contributed by atoms with van der Waals surface area (Å²) in [4.78, 5) is 0. The molecule has 0 spiro atoms. The summed E-state index contributed by atoms with van der Waals surface area (Å²) >= 11 is 0. The van der Waals surface area contributed by atoms with E-state index in [-0.39, 0.29) is 15.4 Å². The number of nitriles is 1. The topological polar surface area (TPSA) is 42.2 Å². The van der Waals surface area contributed by atoms with Crippen molar-refractivity contribution in [2.45, 2.75) is 18.4 Å². The van der Waals surface area contributed by atoms with Crippen LogP contribution in [0.4, 0.5) is 0 Å². The average molecular weight is 159 g/mol. The first kappa shape index (κ1) is 9.63. The summed E-state index contributed by atoms with van der Waals surface area (Å²) in [5.74, 6) is -0.00616. The van der Waals surface area contributed by atoms with Gasteiger partial charge in [-0.05, 0) is 6.04 Å². The molecule has 0 rings (SSSR count). The maximum Gasteiger partial charge on any atom is 0.134 e. The predicted octanol–water partition coefficient (Wildman–Crippen LogP) is 0.0636. The molecule has 0 aromatic carbocycles. The van der Waals surface area contributed by atoms with Crippen molar-refractivity contribution in [1.82, 2.24) is 0 Å². The molecule has 0 saturated heterocycles. The first-order valence-electron chi connectivity index (χ1n) is 3.27. The summed E-state index contributed by atoms with van der Waals surface area (Å²) in [5.41, 5.74) is 0. The van der Waals surface area contributed by atoms with Crippen LogP contribution >= 0.6 is 0 Å². The zero-order chi connectivity index (χ0) is 7.82. The van der Waals surface area contributed by atoms with E-state index in [2.05, 4.69) is 6.07 Å². The Morgan fingerprint density at radius 3 is 2.50 bits per heavy atom. The standard InChI is InChI=1S/C6H13NO2Si/c1-8-6(9-2)10-5-3-4-7/h6H,3,5,10H2,1-2H3. The largest absolute Gasteiger partial charge is 0.360 e. The van der Waals surface area contributed by atoms with Gasteiger partial charge in [-0.2, -0.15) is 5.26 Å². The van der Waals surface area contributed by atoms with E-state index in [1.54, 1.807) is 14.2 Å². The number of ether oxygens (including phenoxy) is 2. The minimum absolute atomic E-state index is 0.00616. The van der Waals surface area contributed by atoms with Gasteiger partial charge >= 0.3 is 0 Å². The summed E-state index contributed by atoms with van der Waals surface area (Å²) in [6.07, 6.45) is 0.634. The normalized spacial score (nSPS) is 11.0. The minimum Gasteiger partial charge on any atom is -0.360 e. The van der Waals surface area contributed by atoms with Crippen LogP contribution in [0.3, 0.4) is 0 Å². The second kappa shape index (κ2) is 6.74. The van der Waals surface area contributed by atoms with Crippen molar-refractivity contribution in [3.8, 4) is 6.07 Å². The van der Waals surface area contributed by atoms with Gasteiger partial charge in [0.05, 0.1) is 15.6 Å². The molecule has 58 valence electrons. The van der Waals surface area contributed by atoms with Gasteiger partial charge in [-0.3, -0.25) is 0 Å². The van der Waals surface area contributed by atoms with Crippen LogP contribution in [0.25, 0.3) is 0 Å². The monoisotopic (exact) mass is 159 g/mol. The molecule has 4 heteroatoms. The van der Waals surface area contributed by atoms with Crippen LogP contribution in [0.15, 0.2) is 0 Å². The lowest BCUT2D eigenvalue weighted by Gasteiger charge is -2.10. The van der Waals surface area contributed by atoms with E-state index in [4.69, 9.17) is 14.7 Å². The SMILES string of the molecule is COC(OC)[SiH2]CCC#N. The molecular formula is C6H13NO2Si. The van der Waals surface area contributed by atoms with E-state index in [0.717, 1.165) is 6.04 Å². The van der Waals surface area contributed by atoms with E-state index in [1.807, 2.05) is 0 Å². The lowest BCUT2D eigenvalue weighted by Crippen LogP contribution is -2.20. The van der Waals surface area contributed by atoms with E-state index >= 15 is 0 Å². The summed E-state index contributed by atoms with van der Waals surface area (Å²) in [7, 11) is 2.91. The zero-order valence-electron chi connectivity index (χ0n) is 6.46. The van der Waals surface area contributed by atoms with Crippen LogP contribution in [0.2, 0.25) is 6.04 Å². The van der Waals surface area contributed by atoms with Gasteiger partial charge in [-0.25, -0.2) is 0 Å². The Kier molecular flexibility index (Phi) is 6.49. The van der Waals surface area contributed by atoms with Crippen molar-refractivity contribution in [2.24, 2.45) is 0 Å². The molecule has 3 nitrogen and oxygen atoms in total. The molecular weight excluding hydrogens is 146 g/mol. The van der Waals surface area contributed by atoms with E-state index < -0.39 is 0 Å². The maximum absolute atomic E-state index is 8.22. The molecule has 0 fully saturated rings. The highest BCUT2D eigenvalue weighted by Gasteiger charge is 2.03.